The number of carbonyl (C=O) groups excluding carboxylic acids is 2. The number of benzene rings is 2. The second-order valence-corrected chi connectivity index (χ2v) is 6.14. The van der Waals surface area contributed by atoms with Crippen LogP contribution in [0, 0.1) is 0 Å². The minimum Gasteiger partial charge on any atom is -0.378 e. The van der Waals surface area contributed by atoms with E-state index < -0.39 is 0 Å². The highest BCUT2D eigenvalue weighted by Crippen LogP contribution is 2.19. The summed E-state index contributed by atoms with van der Waals surface area (Å²) in [7, 11) is 0. The van der Waals surface area contributed by atoms with Crippen LogP contribution in [0.2, 0.25) is 0 Å². The van der Waals surface area contributed by atoms with E-state index in [1.165, 1.54) is 0 Å². The summed E-state index contributed by atoms with van der Waals surface area (Å²) in [4.78, 5) is 27.1. The monoisotopic (exact) mass is 350 g/mol. The molecular formula is C21H22N2O3. The maximum absolute atomic E-state index is 12.8. The van der Waals surface area contributed by atoms with Crippen molar-refractivity contribution in [3.63, 3.8) is 0 Å². The highest BCUT2D eigenvalue weighted by molar-refractivity contribution is 6.10. The summed E-state index contributed by atoms with van der Waals surface area (Å²) in [5, 5.41) is 2.86. The molecule has 26 heavy (non-hydrogen) atoms. The summed E-state index contributed by atoms with van der Waals surface area (Å²) in [6.45, 7) is 3.97. The molecule has 0 saturated carbocycles. The Balaban J connectivity index is 1.76. The van der Waals surface area contributed by atoms with E-state index in [-0.39, 0.29) is 11.8 Å². The van der Waals surface area contributed by atoms with Crippen LogP contribution in [0.4, 0.5) is 5.69 Å². The number of rotatable bonds is 4. The van der Waals surface area contributed by atoms with Crippen LogP contribution in [0.5, 0.6) is 0 Å². The molecule has 1 saturated heterocycles. The maximum Gasteiger partial charge on any atom is 0.256 e. The Morgan fingerprint density at radius 3 is 2.38 bits per heavy atom. The van der Waals surface area contributed by atoms with Gasteiger partial charge in [0.25, 0.3) is 11.8 Å². The fourth-order valence-electron chi connectivity index (χ4n) is 2.80. The number of hydrogen-bond donors (Lipinski definition) is 1. The van der Waals surface area contributed by atoms with E-state index >= 15 is 0 Å². The van der Waals surface area contributed by atoms with Gasteiger partial charge in [0.15, 0.2) is 0 Å². The van der Waals surface area contributed by atoms with Gasteiger partial charge in [-0.25, -0.2) is 0 Å². The van der Waals surface area contributed by atoms with Gasteiger partial charge in [-0.05, 0) is 30.7 Å². The van der Waals surface area contributed by atoms with Crippen molar-refractivity contribution >= 4 is 23.6 Å². The van der Waals surface area contributed by atoms with Gasteiger partial charge in [-0.1, -0.05) is 42.5 Å². The lowest BCUT2D eigenvalue weighted by molar-refractivity contribution is -0.112. The van der Waals surface area contributed by atoms with Gasteiger partial charge in [0.1, 0.15) is 0 Å². The lowest BCUT2D eigenvalue weighted by atomic mass is 10.1. The quantitative estimate of drug-likeness (QED) is 0.862. The number of morpholine rings is 1. The molecule has 0 aromatic heterocycles. The number of amides is 2. The van der Waals surface area contributed by atoms with Gasteiger partial charge in [-0.3, -0.25) is 9.59 Å². The predicted molar refractivity (Wildman–Crippen MR) is 102 cm³/mol. The third kappa shape index (κ3) is 4.37. The summed E-state index contributed by atoms with van der Waals surface area (Å²) in [5.74, 6) is -0.315. The van der Waals surface area contributed by atoms with Gasteiger partial charge >= 0.3 is 0 Å². The van der Waals surface area contributed by atoms with E-state index in [0.29, 0.717) is 43.1 Å². The molecule has 1 fully saturated rings. The minimum absolute atomic E-state index is 0.0890. The molecule has 0 atom stereocenters. The largest absolute Gasteiger partial charge is 0.378 e. The molecule has 0 aliphatic carbocycles. The van der Waals surface area contributed by atoms with E-state index in [0.717, 1.165) is 5.56 Å². The zero-order chi connectivity index (χ0) is 18.4. The van der Waals surface area contributed by atoms with Gasteiger partial charge in [0, 0.05) is 18.7 Å². The molecule has 2 amide bonds. The maximum atomic E-state index is 12.8. The number of hydrogen-bond acceptors (Lipinski definition) is 3. The summed E-state index contributed by atoms with van der Waals surface area (Å²) >= 11 is 0. The van der Waals surface area contributed by atoms with Crippen molar-refractivity contribution in [1.29, 1.82) is 0 Å². The zero-order valence-corrected chi connectivity index (χ0v) is 14.8. The molecule has 1 N–H and O–H groups in total. The fraction of sp³-hybridized carbons (Fsp3) is 0.238. The van der Waals surface area contributed by atoms with E-state index in [1.807, 2.05) is 42.5 Å². The van der Waals surface area contributed by atoms with Gasteiger partial charge < -0.3 is 15.0 Å². The van der Waals surface area contributed by atoms with Gasteiger partial charge in [-0.2, -0.15) is 0 Å². The van der Waals surface area contributed by atoms with Crippen LogP contribution in [0.3, 0.4) is 0 Å². The molecule has 0 spiro atoms. The molecule has 3 rings (SSSR count). The lowest BCUT2D eigenvalue weighted by Crippen LogP contribution is -2.41. The topological polar surface area (TPSA) is 58.6 Å². The van der Waals surface area contributed by atoms with Crippen LogP contribution in [-0.2, 0) is 9.53 Å². The minimum atomic E-state index is -0.226. The number of nitrogens with one attached hydrogen (secondary N) is 1. The highest BCUT2D eigenvalue weighted by Gasteiger charge is 2.21. The van der Waals surface area contributed by atoms with Crippen molar-refractivity contribution < 1.29 is 14.3 Å². The van der Waals surface area contributed by atoms with E-state index in [1.54, 1.807) is 30.0 Å². The molecule has 1 aliphatic heterocycles. The molecule has 2 aromatic carbocycles. The second-order valence-electron chi connectivity index (χ2n) is 6.14. The molecular weight excluding hydrogens is 328 g/mol. The van der Waals surface area contributed by atoms with Crippen molar-refractivity contribution in [2.75, 3.05) is 31.6 Å². The number of para-hydroxylation sites is 1. The Labute approximate surface area is 153 Å². The SMILES string of the molecule is C/C(=C\c1ccccc1)C(=O)Nc1ccccc1C(=O)N1CCOCC1. The standard InChI is InChI=1S/C21H22N2O3/c1-16(15-17-7-3-2-4-8-17)20(24)22-19-10-6-5-9-18(19)21(25)23-11-13-26-14-12-23/h2-10,15H,11-14H2,1H3,(H,22,24)/b16-15+. The van der Waals surface area contributed by atoms with Gasteiger partial charge in [-0.15, -0.1) is 0 Å². The molecule has 0 bridgehead atoms. The Morgan fingerprint density at radius 1 is 1.00 bits per heavy atom. The number of anilines is 1. The average Bonchev–Trinajstić information content (AvgIpc) is 2.69. The third-order valence-corrected chi connectivity index (χ3v) is 4.24. The van der Waals surface area contributed by atoms with Gasteiger partial charge in [0.05, 0.1) is 24.5 Å². The predicted octanol–water partition coefficient (Wildman–Crippen LogP) is 3.20. The van der Waals surface area contributed by atoms with Gasteiger partial charge in [0.2, 0.25) is 0 Å². The fourth-order valence-corrected chi connectivity index (χ4v) is 2.80. The second kappa shape index (κ2) is 8.45. The highest BCUT2D eigenvalue weighted by atomic mass is 16.5. The first-order valence-corrected chi connectivity index (χ1v) is 8.66. The third-order valence-electron chi connectivity index (χ3n) is 4.24. The first kappa shape index (κ1) is 17.9. The first-order chi connectivity index (χ1) is 12.6. The first-order valence-electron chi connectivity index (χ1n) is 8.66. The molecule has 5 nitrogen and oxygen atoms in total. The molecule has 5 heteroatoms. The van der Waals surface area contributed by atoms with E-state index in [4.69, 9.17) is 4.74 Å². The number of nitrogens with zero attached hydrogens (tertiary/aromatic N) is 1. The normalized spacial score (nSPS) is 14.8. The number of ether oxygens (including phenoxy) is 1. The van der Waals surface area contributed by atoms with Crippen LogP contribution < -0.4 is 5.32 Å². The lowest BCUT2D eigenvalue weighted by Gasteiger charge is -2.27. The Hall–Kier alpha value is -2.92. The molecule has 0 unspecified atom stereocenters. The molecule has 134 valence electrons. The smallest absolute Gasteiger partial charge is 0.256 e. The summed E-state index contributed by atoms with van der Waals surface area (Å²) in [5.41, 5.74) is 2.55. The van der Waals surface area contributed by atoms with Crippen molar-refractivity contribution in [1.82, 2.24) is 4.90 Å². The summed E-state index contributed by atoms with van der Waals surface area (Å²) in [6, 6.07) is 16.8. The molecule has 1 aliphatic rings. The molecule has 2 aromatic rings. The van der Waals surface area contributed by atoms with Crippen molar-refractivity contribution in [2.45, 2.75) is 6.92 Å². The molecule has 1 heterocycles. The zero-order valence-electron chi connectivity index (χ0n) is 14.8. The van der Waals surface area contributed by atoms with Crippen molar-refractivity contribution in [2.24, 2.45) is 0 Å². The van der Waals surface area contributed by atoms with Crippen molar-refractivity contribution in [3.05, 3.63) is 71.3 Å². The van der Waals surface area contributed by atoms with Crippen LogP contribution >= 0.6 is 0 Å². The summed E-state index contributed by atoms with van der Waals surface area (Å²) in [6.07, 6.45) is 1.82. The van der Waals surface area contributed by atoms with Crippen LogP contribution in [-0.4, -0.2) is 43.0 Å². The summed E-state index contributed by atoms with van der Waals surface area (Å²) < 4.78 is 5.30. The number of carbonyl (C=O) groups is 2. The Morgan fingerprint density at radius 2 is 1.65 bits per heavy atom. The van der Waals surface area contributed by atoms with E-state index in [2.05, 4.69) is 5.32 Å². The Kier molecular flexibility index (Phi) is 5.81. The molecule has 0 radical (unpaired) electrons. The van der Waals surface area contributed by atoms with Crippen molar-refractivity contribution in [3.8, 4) is 0 Å². The van der Waals surface area contributed by atoms with Crippen LogP contribution in [0.15, 0.2) is 60.2 Å². The van der Waals surface area contributed by atoms with Crippen LogP contribution in [0.25, 0.3) is 6.08 Å². The van der Waals surface area contributed by atoms with Crippen LogP contribution in [0.1, 0.15) is 22.8 Å². The Bertz CT molecular complexity index is 809. The average molecular weight is 350 g/mol. The van der Waals surface area contributed by atoms with E-state index in [9.17, 15) is 9.59 Å².